The maximum Gasteiger partial charge on any atom is 0.237 e. The standard InChI is InChI=1S/C23H35N3O3/c1-3-7-21(19-8-5-4-6-9-19)24-22(27)18(2)25-12-10-20(11-13-25)23(28)26-14-16-29-17-15-26/h4-6,8-9,18,20-21H,3,7,10-17H2,1-2H3,(H,24,27). The van der Waals surface area contributed by atoms with Gasteiger partial charge in [-0.15, -0.1) is 0 Å². The van der Waals surface area contributed by atoms with Crippen molar-refractivity contribution in [3.63, 3.8) is 0 Å². The van der Waals surface area contributed by atoms with Crippen LogP contribution in [-0.2, 0) is 14.3 Å². The topological polar surface area (TPSA) is 61.9 Å². The van der Waals surface area contributed by atoms with Crippen LogP contribution in [0.25, 0.3) is 0 Å². The predicted octanol–water partition coefficient (Wildman–Crippen LogP) is 2.60. The van der Waals surface area contributed by atoms with Crippen LogP contribution in [0.1, 0.15) is 51.1 Å². The lowest BCUT2D eigenvalue weighted by molar-refractivity contribution is -0.141. The Kier molecular flexibility index (Phi) is 8.07. The summed E-state index contributed by atoms with van der Waals surface area (Å²) in [6, 6.07) is 10.1. The van der Waals surface area contributed by atoms with Crippen LogP contribution in [0.2, 0.25) is 0 Å². The fourth-order valence-corrected chi connectivity index (χ4v) is 4.33. The Morgan fingerprint density at radius 2 is 1.76 bits per heavy atom. The molecule has 2 amide bonds. The van der Waals surface area contributed by atoms with Gasteiger partial charge in [0.1, 0.15) is 0 Å². The molecule has 0 spiro atoms. The van der Waals surface area contributed by atoms with E-state index >= 15 is 0 Å². The molecule has 160 valence electrons. The number of carbonyl (C=O) groups is 2. The molecular formula is C23H35N3O3. The molecule has 6 heteroatoms. The van der Waals surface area contributed by atoms with Crippen molar-refractivity contribution in [2.45, 2.75) is 51.6 Å². The quantitative estimate of drug-likeness (QED) is 0.763. The second kappa shape index (κ2) is 10.7. The zero-order valence-corrected chi connectivity index (χ0v) is 17.8. The summed E-state index contributed by atoms with van der Waals surface area (Å²) in [5, 5.41) is 3.25. The van der Waals surface area contributed by atoms with Crippen LogP contribution in [0.3, 0.4) is 0 Å². The molecule has 0 radical (unpaired) electrons. The Hall–Kier alpha value is -1.92. The lowest BCUT2D eigenvalue weighted by Crippen LogP contribution is -2.51. The minimum Gasteiger partial charge on any atom is -0.378 e. The summed E-state index contributed by atoms with van der Waals surface area (Å²) >= 11 is 0. The van der Waals surface area contributed by atoms with Crippen molar-refractivity contribution in [1.82, 2.24) is 15.1 Å². The number of likely N-dealkylation sites (tertiary alicyclic amines) is 1. The van der Waals surface area contributed by atoms with Gasteiger partial charge in [0.25, 0.3) is 0 Å². The molecule has 1 N–H and O–H groups in total. The van der Waals surface area contributed by atoms with E-state index in [-0.39, 0.29) is 29.8 Å². The van der Waals surface area contributed by atoms with Crippen LogP contribution in [0.15, 0.2) is 30.3 Å². The molecule has 1 aromatic rings. The van der Waals surface area contributed by atoms with Gasteiger partial charge in [0, 0.05) is 19.0 Å². The largest absolute Gasteiger partial charge is 0.378 e. The van der Waals surface area contributed by atoms with Crippen molar-refractivity contribution in [2.75, 3.05) is 39.4 Å². The van der Waals surface area contributed by atoms with Gasteiger partial charge in [0.2, 0.25) is 11.8 Å². The Morgan fingerprint density at radius 3 is 2.38 bits per heavy atom. The van der Waals surface area contributed by atoms with Crippen LogP contribution in [0.4, 0.5) is 0 Å². The van der Waals surface area contributed by atoms with Gasteiger partial charge in [-0.1, -0.05) is 43.7 Å². The molecule has 0 saturated carbocycles. The van der Waals surface area contributed by atoms with E-state index in [1.165, 1.54) is 0 Å². The van der Waals surface area contributed by atoms with E-state index in [1.54, 1.807) is 0 Å². The summed E-state index contributed by atoms with van der Waals surface area (Å²) in [7, 11) is 0. The summed E-state index contributed by atoms with van der Waals surface area (Å²) in [5.41, 5.74) is 1.16. The van der Waals surface area contributed by atoms with Gasteiger partial charge in [0.15, 0.2) is 0 Å². The predicted molar refractivity (Wildman–Crippen MR) is 113 cm³/mol. The summed E-state index contributed by atoms with van der Waals surface area (Å²) in [6.45, 7) is 8.39. The summed E-state index contributed by atoms with van der Waals surface area (Å²) < 4.78 is 5.35. The molecule has 2 fully saturated rings. The first-order valence-corrected chi connectivity index (χ1v) is 11.1. The number of amides is 2. The van der Waals surface area contributed by atoms with Gasteiger partial charge < -0.3 is 15.0 Å². The zero-order valence-electron chi connectivity index (χ0n) is 17.8. The Balaban J connectivity index is 1.50. The number of carbonyl (C=O) groups excluding carboxylic acids is 2. The molecular weight excluding hydrogens is 366 g/mol. The van der Waals surface area contributed by atoms with Crippen LogP contribution in [0.5, 0.6) is 0 Å². The average molecular weight is 402 g/mol. The second-order valence-electron chi connectivity index (χ2n) is 8.18. The summed E-state index contributed by atoms with van der Waals surface area (Å²) in [5.74, 6) is 0.416. The third-order valence-electron chi connectivity index (χ3n) is 6.22. The van der Waals surface area contributed by atoms with Crippen molar-refractivity contribution in [2.24, 2.45) is 5.92 Å². The number of piperidine rings is 1. The Morgan fingerprint density at radius 1 is 1.10 bits per heavy atom. The monoisotopic (exact) mass is 401 g/mol. The van der Waals surface area contributed by atoms with Crippen LogP contribution >= 0.6 is 0 Å². The highest BCUT2D eigenvalue weighted by Gasteiger charge is 2.32. The van der Waals surface area contributed by atoms with Gasteiger partial charge in [-0.2, -0.15) is 0 Å². The normalized spacial score (nSPS) is 20.8. The summed E-state index contributed by atoms with van der Waals surface area (Å²) in [6.07, 6.45) is 3.59. The molecule has 2 atom stereocenters. The third-order valence-corrected chi connectivity index (χ3v) is 6.22. The van der Waals surface area contributed by atoms with E-state index in [0.29, 0.717) is 26.3 Å². The molecule has 1 aromatic carbocycles. The summed E-state index contributed by atoms with van der Waals surface area (Å²) in [4.78, 5) is 29.8. The molecule has 2 aliphatic heterocycles. The molecule has 2 heterocycles. The van der Waals surface area contributed by atoms with Crippen molar-refractivity contribution in [3.8, 4) is 0 Å². The number of nitrogens with one attached hydrogen (secondary N) is 1. The first-order chi connectivity index (χ1) is 14.1. The van der Waals surface area contributed by atoms with Gasteiger partial charge in [-0.3, -0.25) is 14.5 Å². The number of ether oxygens (including phenoxy) is 1. The molecule has 2 aliphatic rings. The number of morpholine rings is 1. The number of benzene rings is 1. The lowest BCUT2D eigenvalue weighted by Gasteiger charge is -2.37. The van der Waals surface area contributed by atoms with E-state index in [1.807, 2.05) is 30.0 Å². The number of hydrogen-bond donors (Lipinski definition) is 1. The Labute approximate surface area is 174 Å². The van der Waals surface area contributed by atoms with Crippen LogP contribution in [0, 0.1) is 5.92 Å². The smallest absolute Gasteiger partial charge is 0.237 e. The maximum absolute atomic E-state index is 12.9. The number of nitrogens with zero attached hydrogens (tertiary/aromatic N) is 2. The van der Waals surface area contributed by atoms with Gasteiger partial charge in [0.05, 0.1) is 25.3 Å². The lowest BCUT2D eigenvalue weighted by atomic mass is 9.94. The highest BCUT2D eigenvalue weighted by Crippen LogP contribution is 2.23. The highest BCUT2D eigenvalue weighted by molar-refractivity contribution is 5.82. The van der Waals surface area contributed by atoms with Crippen LogP contribution in [-0.4, -0.2) is 67.0 Å². The Bertz CT molecular complexity index is 653. The number of hydrogen-bond acceptors (Lipinski definition) is 4. The van der Waals surface area contributed by atoms with Gasteiger partial charge in [-0.05, 0) is 44.8 Å². The molecule has 2 unspecified atom stereocenters. The van der Waals surface area contributed by atoms with Gasteiger partial charge >= 0.3 is 0 Å². The molecule has 6 nitrogen and oxygen atoms in total. The minimum atomic E-state index is -0.183. The molecule has 2 saturated heterocycles. The van der Waals surface area contributed by atoms with Crippen molar-refractivity contribution in [3.05, 3.63) is 35.9 Å². The van der Waals surface area contributed by atoms with Crippen LogP contribution < -0.4 is 5.32 Å². The zero-order chi connectivity index (χ0) is 20.6. The molecule has 0 aromatic heterocycles. The van der Waals surface area contributed by atoms with Gasteiger partial charge in [-0.25, -0.2) is 0 Å². The molecule has 0 bridgehead atoms. The van der Waals surface area contributed by atoms with Crippen molar-refractivity contribution >= 4 is 11.8 Å². The average Bonchev–Trinajstić information content (AvgIpc) is 2.79. The minimum absolute atomic E-state index is 0.0524. The molecule has 29 heavy (non-hydrogen) atoms. The van der Waals surface area contributed by atoms with Crippen molar-refractivity contribution < 1.29 is 14.3 Å². The fraction of sp³-hybridized carbons (Fsp3) is 0.652. The van der Waals surface area contributed by atoms with E-state index < -0.39 is 0 Å². The molecule has 0 aliphatic carbocycles. The van der Waals surface area contributed by atoms with E-state index in [4.69, 9.17) is 4.74 Å². The highest BCUT2D eigenvalue weighted by atomic mass is 16.5. The second-order valence-corrected chi connectivity index (χ2v) is 8.18. The first kappa shape index (κ1) is 21.8. The van der Waals surface area contributed by atoms with E-state index in [9.17, 15) is 9.59 Å². The van der Waals surface area contributed by atoms with Crippen molar-refractivity contribution in [1.29, 1.82) is 0 Å². The number of rotatable bonds is 7. The fourth-order valence-electron chi connectivity index (χ4n) is 4.33. The van der Waals surface area contributed by atoms with E-state index in [0.717, 1.165) is 44.3 Å². The SMILES string of the molecule is CCCC(NC(=O)C(C)N1CCC(C(=O)N2CCOCC2)CC1)c1ccccc1. The maximum atomic E-state index is 12.9. The van der Waals surface area contributed by atoms with E-state index in [2.05, 4.69) is 29.3 Å². The molecule has 3 rings (SSSR count). The first-order valence-electron chi connectivity index (χ1n) is 11.1. The third kappa shape index (κ3) is 5.80.